The van der Waals surface area contributed by atoms with E-state index in [-0.39, 0.29) is 5.91 Å². The van der Waals surface area contributed by atoms with E-state index in [0.29, 0.717) is 22.8 Å². The van der Waals surface area contributed by atoms with Gasteiger partial charge in [0.25, 0.3) is 0 Å². The first-order valence-corrected chi connectivity index (χ1v) is 5.36. The molecule has 0 unspecified atom stereocenters. The van der Waals surface area contributed by atoms with Crippen LogP contribution in [0.4, 0.5) is 11.4 Å². The van der Waals surface area contributed by atoms with Gasteiger partial charge in [0.05, 0.1) is 10.7 Å². The van der Waals surface area contributed by atoms with Crippen LogP contribution >= 0.6 is 11.6 Å². The van der Waals surface area contributed by atoms with Crippen LogP contribution in [0, 0.1) is 0 Å². The van der Waals surface area contributed by atoms with E-state index < -0.39 is 0 Å². The second-order valence-electron chi connectivity index (χ2n) is 3.39. The van der Waals surface area contributed by atoms with Gasteiger partial charge in [-0.05, 0) is 24.6 Å². The molecular formula is C11H15ClN2O. The molecule has 1 aromatic rings. The number of anilines is 2. The molecule has 0 atom stereocenters. The molecule has 1 amide bonds. The van der Waals surface area contributed by atoms with Gasteiger partial charge in [0.15, 0.2) is 0 Å². The van der Waals surface area contributed by atoms with E-state index in [9.17, 15) is 4.79 Å². The number of rotatable bonds is 4. The normalized spacial score (nSPS) is 10.0. The molecule has 0 aliphatic carbocycles. The highest BCUT2D eigenvalue weighted by molar-refractivity contribution is 6.33. The molecule has 4 heteroatoms. The minimum Gasteiger partial charge on any atom is -0.397 e. The molecule has 0 aliphatic rings. The highest BCUT2D eigenvalue weighted by atomic mass is 35.5. The van der Waals surface area contributed by atoms with Crippen LogP contribution < -0.4 is 11.1 Å². The molecule has 0 saturated heterocycles. The van der Waals surface area contributed by atoms with Crippen molar-refractivity contribution < 1.29 is 4.79 Å². The van der Waals surface area contributed by atoms with E-state index in [0.717, 1.165) is 12.8 Å². The Hall–Kier alpha value is -1.22. The zero-order chi connectivity index (χ0) is 11.3. The van der Waals surface area contributed by atoms with Crippen molar-refractivity contribution in [1.82, 2.24) is 0 Å². The van der Waals surface area contributed by atoms with Crippen molar-refractivity contribution in [2.75, 3.05) is 11.1 Å². The van der Waals surface area contributed by atoms with Gasteiger partial charge >= 0.3 is 0 Å². The van der Waals surface area contributed by atoms with Gasteiger partial charge in [-0.1, -0.05) is 24.9 Å². The van der Waals surface area contributed by atoms with Crippen LogP contribution in [0.3, 0.4) is 0 Å². The summed E-state index contributed by atoms with van der Waals surface area (Å²) in [6.07, 6.45) is 2.45. The van der Waals surface area contributed by atoms with Crippen molar-refractivity contribution in [1.29, 1.82) is 0 Å². The fraction of sp³-hybridized carbons (Fsp3) is 0.364. The Labute approximate surface area is 94.6 Å². The molecule has 0 heterocycles. The summed E-state index contributed by atoms with van der Waals surface area (Å²) in [4.78, 5) is 11.4. The van der Waals surface area contributed by atoms with E-state index in [4.69, 9.17) is 17.3 Å². The number of benzene rings is 1. The van der Waals surface area contributed by atoms with Crippen molar-refractivity contribution in [3.05, 3.63) is 23.2 Å². The minimum atomic E-state index is 0.0126. The van der Waals surface area contributed by atoms with Gasteiger partial charge in [0, 0.05) is 12.1 Å². The Morgan fingerprint density at radius 2 is 2.27 bits per heavy atom. The summed E-state index contributed by atoms with van der Waals surface area (Å²) in [7, 11) is 0. The standard InChI is InChI=1S/C11H15ClN2O/c1-2-3-4-11(15)14-8-5-6-9(12)10(13)7-8/h5-7H,2-4,13H2,1H3,(H,14,15). The summed E-state index contributed by atoms with van der Waals surface area (Å²) in [6.45, 7) is 2.05. The third kappa shape index (κ3) is 3.80. The van der Waals surface area contributed by atoms with Gasteiger partial charge in [-0.2, -0.15) is 0 Å². The molecular weight excluding hydrogens is 212 g/mol. The number of hydrogen-bond donors (Lipinski definition) is 2. The Balaban J connectivity index is 2.57. The highest BCUT2D eigenvalue weighted by Gasteiger charge is 2.03. The molecule has 3 nitrogen and oxygen atoms in total. The lowest BCUT2D eigenvalue weighted by Crippen LogP contribution is -2.11. The van der Waals surface area contributed by atoms with E-state index >= 15 is 0 Å². The van der Waals surface area contributed by atoms with Gasteiger partial charge in [-0.3, -0.25) is 4.79 Å². The molecule has 0 saturated carbocycles. The maximum atomic E-state index is 11.4. The van der Waals surface area contributed by atoms with Gasteiger partial charge in [-0.25, -0.2) is 0 Å². The Morgan fingerprint density at radius 3 is 2.87 bits per heavy atom. The van der Waals surface area contributed by atoms with Crippen LogP contribution in [-0.4, -0.2) is 5.91 Å². The lowest BCUT2D eigenvalue weighted by atomic mass is 10.2. The molecule has 0 aromatic heterocycles. The minimum absolute atomic E-state index is 0.0126. The summed E-state index contributed by atoms with van der Waals surface area (Å²) < 4.78 is 0. The van der Waals surface area contributed by atoms with Gasteiger partial charge in [0.2, 0.25) is 5.91 Å². The molecule has 1 aromatic carbocycles. The third-order valence-electron chi connectivity index (χ3n) is 2.04. The fourth-order valence-electron chi connectivity index (χ4n) is 1.18. The van der Waals surface area contributed by atoms with Crippen molar-refractivity contribution in [3.63, 3.8) is 0 Å². The van der Waals surface area contributed by atoms with Gasteiger partial charge in [-0.15, -0.1) is 0 Å². The summed E-state index contributed by atoms with van der Waals surface area (Å²) in [5, 5.41) is 3.27. The topological polar surface area (TPSA) is 55.1 Å². The monoisotopic (exact) mass is 226 g/mol. The highest BCUT2D eigenvalue weighted by Crippen LogP contribution is 2.22. The summed E-state index contributed by atoms with van der Waals surface area (Å²) in [5.41, 5.74) is 6.78. The van der Waals surface area contributed by atoms with Crippen LogP contribution in [0.25, 0.3) is 0 Å². The van der Waals surface area contributed by atoms with E-state index in [1.807, 2.05) is 6.92 Å². The van der Waals surface area contributed by atoms with Crippen molar-refractivity contribution in [2.45, 2.75) is 26.2 Å². The quantitative estimate of drug-likeness (QED) is 0.776. The number of amides is 1. The van der Waals surface area contributed by atoms with Crippen LogP contribution in [0.2, 0.25) is 5.02 Å². The average Bonchev–Trinajstić information content (AvgIpc) is 2.20. The molecule has 0 radical (unpaired) electrons. The molecule has 0 spiro atoms. The van der Waals surface area contributed by atoms with E-state index in [1.54, 1.807) is 18.2 Å². The largest absolute Gasteiger partial charge is 0.397 e. The smallest absolute Gasteiger partial charge is 0.224 e. The number of nitrogens with one attached hydrogen (secondary N) is 1. The number of nitrogens with two attached hydrogens (primary N) is 1. The first kappa shape index (κ1) is 11.9. The number of halogens is 1. The Morgan fingerprint density at radius 1 is 1.53 bits per heavy atom. The lowest BCUT2D eigenvalue weighted by molar-refractivity contribution is -0.116. The molecule has 0 bridgehead atoms. The second kappa shape index (κ2) is 5.61. The van der Waals surface area contributed by atoms with Gasteiger partial charge < -0.3 is 11.1 Å². The van der Waals surface area contributed by atoms with E-state index in [2.05, 4.69) is 5.32 Å². The molecule has 15 heavy (non-hydrogen) atoms. The predicted molar refractivity (Wildman–Crippen MR) is 64.0 cm³/mol. The third-order valence-corrected chi connectivity index (χ3v) is 2.38. The molecule has 0 aliphatic heterocycles. The first-order chi connectivity index (χ1) is 7.13. The number of carbonyl (C=O) groups is 1. The fourth-order valence-corrected chi connectivity index (χ4v) is 1.30. The Kier molecular flexibility index (Phi) is 4.43. The second-order valence-corrected chi connectivity index (χ2v) is 3.80. The number of carbonyl (C=O) groups excluding carboxylic acids is 1. The van der Waals surface area contributed by atoms with Crippen molar-refractivity contribution in [3.8, 4) is 0 Å². The predicted octanol–water partition coefficient (Wildman–Crippen LogP) is 3.05. The lowest BCUT2D eigenvalue weighted by Gasteiger charge is -2.06. The summed E-state index contributed by atoms with van der Waals surface area (Å²) >= 11 is 5.76. The van der Waals surface area contributed by atoms with Crippen LogP contribution in [-0.2, 0) is 4.79 Å². The summed E-state index contributed by atoms with van der Waals surface area (Å²) in [5.74, 6) is 0.0126. The number of unbranched alkanes of at least 4 members (excludes halogenated alkanes) is 1. The van der Waals surface area contributed by atoms with Crippen LogP contribution in [0.15, 0.2) is 18.2 Å². The molecule has 82 valence electrons. The van der Waals surface area contributed by atoms with Crippen LogP contribution in [0.1, 0.15) is 26.2 Å². The zero-order valence-corrected chi connectivity index (χ0v) is 9.47. The zero-order valence-electron chi connectivity index (χ0n) is 8.72. The first-order valence-electron chi connectivity index (χ1n) is 4.98. The summed E-state index contributed by atoms with van der Waals surface area (Å²) in [6, 6.07) is 5.07. The Bertz CT molecular complexity index is 352. The van der Waals surface area contributed by atoms with E-state index in [1.165, 1.54) is 0 Å². The number of hydrogen-bond acceptors (Lipinski definition) is 2. The molecule has 3 N–H and O–H groups in total. The van der Waals surface area contributed by atoms with Crippen LogP contribution in [0.5, 0.6) is 0 Å². The maximum absolute atomic E-state index is 11.4. The van der Waals surface area contributed by atoms with Crippen molar-refractivity contribution in [2.24, 2.45) is 0 Å². The maximum Gasteiger partial charge on any atom is 0.224 e. The average molecular weight is 227 g/mol. The number of nitrogen functional groups attached to an aromatic ring is 1. The van der Waals surface area contributed by atoms with Crippen molar-refractivity contribution >= 4 is 28.9 Å². The molecule has 1 rings (SSSR count). The SMILES string of the molecule is CCCCC(=O)Nc1ccc(Cl)c(N)c1. The van der Waals surface area contributed by atoms with Gasteiger partial charge in [0.1, 0.15) is 0 Å². The molecule has 0 fully saturated rings.